The van der Waals surface area contributed by atoms with Crippen molar-refractivity contribution in [2.45, 2.75) is 6.18 Å². The lowest BCUT2D eigenvalue weighted by Gasteiger charge is -2.08. The molecule has 0 radical (unpaired) electrons. The van der Waals surface area contributed by atoms with Crippen LogP contribution < -0.4 is 10.9 Å². The third-order valence-corrected chi connectivity index (χ3v) is 1.66. The van der Waals surface area contributed by atoms with Crippen LogP contribution in [-0.4, -0.2) is 36.2 Å². The van der Waals surface area contributed by atoms with Crippen LogP contribution in [0, 0.1) is 0 Å². The van der Waals surface area contributed by atoms with E-state index in [0.29, 0.717) is 0 Å². The van der Waals surface area contributed by atoms with Crippen molar-refractivity contribution in [3.63, 3.8) is 0 Å². The van der Waals surface area contributed by atoms with Gasteiger partial charge in [-0.2, -0.15) is 13.2 Å². The van der Waals surface area contributed by atoms with Gasteiger partial charge < -0.3 is 9.72 Å². The summed E-state index contributed by atoms with van der Waals surface area (Å²) in [5, 5.41) is 0. The van der Waals surface area contributed by atoms with Gasteiger partial charge in [0, 0.05) is 6.20 Å². The van der Waals surface area contributed by atoms with Crippen molar-refractivity contribution in [3.8, 4) is 0 Å². The first-order chi connectivity index (χ1) is 8.38. The molecule has 0 fully saturated rings. The first kappa shape index (κ1) is 14.0. The van der Waals surface area contributed by atoms with Gasteiger partial charge in [-0.15, -0.1) is 0 Å². The number of carbonyl (C=O) groups excluding carboxylic acids is 2. The van der Waals surface area contributed by atoms with Crippen molar-refractivity contribution in [2.24, 2.45) is 0 Å². The van der Waals surface area contributed by atoms with Crippen LogP contribution >= 0.6 is 0 Å². The fourth-order valence-corrected chi connectivity index (χ4v) is 0.961. The Hall–Kier alpha value is -2.03. The zero-order valence-electron chi connectivity index (χ0n) is 9.00. The summed E-state index contributed by atoms with van der Waals surface area (Å²) in [7, 11) is 0. The van der Waals surface area contributed by atoms with E-state index in [1.54, 1.807) is 6.07 Å². The summed E-state index contributed by atoms with van der Waals surface area (Å²) in [4.78, 5) is 24.8. The number of aromatic nitrogens is 1. The highest BCUT2D eigenvalue weighted by Gasteiger charge is 2.27. The smallest absolute Gasteiger partial charge is 0.362 e. The number of ether oxygens (including phenoxy) is 1. The molecule has 0 unspecified atom stereocenters. The van der Waals surface area contributed by atoms with Gasteiger partial charge in [-0.1, -0.05) is 0 Å². The molecule has 1 rings (SSSR count). The van der Waals surface area contributed by atoms with Gasteiger partial charge in [-0.05, 0) is 12.1 Å². The van der Waals surface area contributed by atoms with Gasteiger partial charge in [-0.3, -0.25) is 20.4 Å². The Morgan fingerprint density at radius 1 is 1.33 bits per heavy atom. The normalized spacial score (nSPS) is 11.1. The molecule has 3 N–H and O–H groups in total. The SMILES string of the molecule is O=C(COCC(F)(F)F)NNC(=O)c1ccc[nH]1. The minimum absolute atomic E-state index is 0.200. The van der Waals surface area contributed by atoms with E-state index >= 15 is 0 Å². The molecule has 0 saturated heterocycles. The molecule has 2 amide bonds. The maximum absolute atomic E-state index is 11.7. The quantitative estimate of drug-likeness (QED) is 0.687. The van der Waals surface area contributed by atoms with E-state index in [-0.39, 0.29) is 5.69 Å². The number of H-pyrrole nitrogens is 1. The third-order valence-electron chi connectivity index (χ3n) is 1.66. The molecular formula is C9H10F3N3O3. The fraction of sp³-hybridized carbons (Fsp3) is 0.333. The van der Waals surface area contributed by atoms with Gasteiger partial charge in [0.25, 0.3) is 11.8 Å². The van der Waals surface area contributed by atoms with E-state index in [4.69, 9.17) is 0 Å². The first-order valence-corrected chi connectivity index (χ1v) is 4.75. The highest BCUT2D eigenvalue weighted by molar-refractivity contribution is 5.93. The number of hydrazine groups is 1. The van der Waals surface area contributed by atoms with Gasteiger partial charge >= 0.3 is 6.18 Å². The molecule has 0 aromatic carbocycles. The van der Waals surface area contributed by atoms with Gasteiger partial charge in [0.1, 0.15) is 18.9 Å². The Kier molecular flexibility index (Phi) is 4.72. The van der Waals surface area contributed by atoms with Crippen molar-refractivity contribution >= 4 is 11.8 Å². The van der Waals surface area contributed by atoms with Crippen LogP contribution in [0.1, 0.15) is 10.5 Å². The molecule has 1 aromatic heterocycles. The van der Waals surface area contributed by atoms with E-state index in [1.807, 2.05) is 10.9 Å². The second-order valence-corrected chi connectivity index (χ2v) is 3.19. The van der Waals surface area contributed by atoms with E-state index in [0.717, 1.165) is 0 Å². The first-order valence-electron chi connectivity index (χ1n) is 4.75. The molecule has 100 valence electrons. The number of aromatic amines is 1. The lowest BCUT2D eigenvalue weighted by molar-refractivity contribution is -0.175. The number of hydrogen-bond donors (Lipinski definition) is 3. The summed E-state index contributed by atoms with van der Waals surface area (Å²) in [6, 6.07) is 3.03. The molecule has 0 atom stereocenters. The highest BCUT2D eigenvalue weighted by atomic mass is 19.4. The van der Waals surface area contributed by atoms with Crippen molar-refractivity contribution < 1.29 is 27.5 Å². The molecule has 0 bridgehead atoms. The molecule has 9 heteroatoms. The summed E-state index contributed by atoms with van der Waals surface area (Å²) in [6.45, 7) is -2.32. The molecule has 1 heterocycles. The predicted octanol–water partition coefficient (Wildman–Crippen LogP) is 0.355. The molecule has 1 aromatic rings. The van der Waals surface area contributed by atoms with Gasteiger partial charge in [0.05, 0.1) is 0 Å². The number of halogens is 3. The number of rotatable bonds is 4. The average Bonchev–Trinajstić information content (AvgIpc) is 2.77. The van der Waals surface area contributed by atoms with Gasteiger partial charge in [0.15, 0.2) is 0 Å². The summed E-state index contributed by atoms with van der Waals surface area (Å²) < 4.78 is 39.1. The van der Waals surface area contributed by atoms with E-state index in [2.05, 4.69) is 9.72 Å². The maximum atomic E-state index is 11.7. The predicted molar refractivity (Wildman–Crippen MR) is 53.3 cm³/mol. The van der Waals surface area contributed by atoms with Crippen LogP contribution in [0.5, 0.6) is 0 Å². The van der Waals surface area contributed by atoms with Crippen LogP contribution in [0.25, 0.3) is 0 Å². The molecule has 0 aliphatic heterocycles. The molecule has 18 heavy (non-hydrogen) atoms. The summed E-state index contributed by atoms with van der Waals surface area (Å²) in [5.41, 5.74) is 4.11. The van der Waals surface area contributed by atoms with Gasteiger partial charge in [-0.25, -0.2) is 0 Å². The number of amides is 2. The summed E-state index contributed by atoms with van der Waals surface area (Å²) in [5.74, 6) is -1.51. The second kappa shape index (κ2) is 6.05. The molecule has 0 spiro atoms. The van der Waals surface area contributed by atoms with E-state index < -0.39 is 31.2 Å². The number of alkyl halides is 3. The van der Waals surface area contributed by atoms with E-state index in [9.17, 15) is 22.8 Å². The maximum Gasteiger partial charge on any atom is 0.411 e. The minimum atomic E-state index is -4.49. The summed E-state index contributed by atoms with van der Waals surface area (Å²) in [6.07, 6.45) is -2.99. The third kappa shape index (κ3) is 5.34. The average molecular weight is 265 g/mol. The molecule has 0 aliphatic rings. The van der Waals surface area contributed by atoms with Crippen molar-refractivity contribution in [1.29, 1.82) is 0 Å². The largest absolute Gasteiger partial charge is 0.411 e. The van der Waals surface area contributed by atoms with Crippen LogP contribution in [0.3, 0.4) is 0 Å². The van der Waals surface area contributed by atoms with Crippen LogP contribution in [0.4, 0.5) is 13.2 Å². The summed E-state index contributed by atoms with van der Waals surface area (Å²) >= 11 is 0. The Balaban J connectivity index is 2.20. The van der Waals surface area contributed by atoms with Crippen LogP contribution in [0.2, 0.25) is 0 Å². The topological polar surface area (TPSA) is 83.2 Å². The standard InChI is InChI=1S/C9H10F3N3O3/c10-9(11,12)5-18-4-7(16)14-15-8(17)6-2-1-3-13-6/h1-3,13H,4-5H2,(H,14,16)(H,15,17). The van der Waals surface area contributed by atoms with Crippen LogP contribution in [0.15, 0.2) is 18.3 Å². The molecule has 0 saturated carbocycles. The van der Waals surface area contributed by atoms with Crippen molar-refractivity contribution in [2.75, 3.05) is 13.2 Å². The number of nitrogens with one attached hydrogen (secondary N) is 3. The van der Waals surface area contributed by atoms with E-state index in [1.165, 1.54) is 12.3 Å². The van der Waals surface area contributed by atoms with Crippen molar-refractivity contribution in [3.05, 3.63) is 24.0 Å². The fourth-order valence-electron chi connectivity index (χ4n) is 0.961. The second-order valence-electron chi connectivity index (χ2n) is 3.19. The Morgan fingerprint density at radius 2 is 2.06 bits per heavy atom. The Bertz CT molecular complexity index is 403. The monoisotopic (exact) mass is 265 g/mol. The number of carbonyl (C=O) groups is 2. The molecule has 0 aliphatic carbocycles. The zero-order valence-corrected chi connectivity index (χ0v) is 9.00. The molecular weight excluding hydrogens is 255 g/mol. The minimum Gasteiger partial charge on any atom is -0.362 e. The van der Waals surface area contributed by atoms with Gasteiger partial charge in [0.2, 0.25) is 0 Å². The Morgan fingerprint density at radius 3 is 2.61 bits per heavy atom. The van der Waals surface area contributed by atoms with Crippen molar-refractivity contribution in [1.82, 2.24) is 15.8 Å². The Labute approximate surface area is 99.5 Å². The lowest BCUT2D eigenvalue weighted by Crippen LogP contribution is -2.43. The number of hydrogen-bond acceptors (Lipinski definition) is 3. The zero-order chi connectivity index (χ0) is 13.6. The molecule has 6 nitrogen and oxygen atoms in total. The van der Waals surface area contributed by atoms with Crippen LogP contribution in [-0.2, 0) is 9.53 Å². The highest BCUT2D eigenvalue weighted by Crippen LogP contribution is 2.13. The lowest BCUT2D eigenvalue weighted by atomic mass is 10.4.